The normalized spacial score (nSPS) is 18.1. The first-order valence-electron chi connectivity index (χ1n) is 7.86. The van der Waals surface area contributed by atoms with Crippen LogP contribution < -0.4 is 5.32 Å². The molecule has 1 aliphatic rings. The summed E-state index contributed by atoms with van der Waals surface area (Å²) in [5, 5.41) is 12.9. The SMILES string of the molecule is COCC(O)CN1CCC(NC(=O)c2ccccc2C)CC1. The molecule has 22 heavy (non-hydrogen) atoms. The van der Waals surface area contributed by atoms with E-state index in [2.05, 4.69) is 10.2 Å². The van der Waals surface area contributed by atoms with Gasteiger partial charge in [-0.15, -0.1) is 0 Å². The van der Waals surface area contributed by atoms with Crippen molar-refractivity contribution in [1.82, 2.24) is 10.2 Å². The highest BCUT2D eigenvalue weighted by molar-refractivity contribution is 5.95. The highest BCUT2D eigenvalue weighted by Gasteiger charge is 2.22. The fraction of sp³-hybridized carbons (Fsp3) is 0.588. The Hall–Kier alpha value is -1.43. The Labute approximate surface area is 132 Å². The van der Waals surface area contributed by atoms with E-state index in [1.165, 1.54) is 0 Å². The summed E-state index contributed by atoms with van der Waals surface area (Å²) >= 11 is 0. The maximum atomic E-state index is 12.3. The van der Waals surface area contributed by atoms with Crippen molar-refractivity contribution in [2.24, 2.45) is 0 Å². The monoisotopic (exact) mass is 306 g/mol. The molecule has 0 radical (unpaired) electrons. The molecule has 1 aliphatic heterocycles. The van der Waals surface area contributed by atoms with Gasteiger partial charge in [-0.05, 0) is 31.4 Å². The number of aliphatic hydroxyl groups is 1. The maximum Gasteiger partial charge on any atom is 0.251 e. The Balaban J connectivity index is 1.78. The molecule has 2 rings (SSSR count). The quantitative estimate of drug-likeness (QED) is 0.829. The first kappa shape index (κ1) is 16.9. The molecule has 1 saturated heterocycles. The lowest BCUT2D eigenvalue weighted by Gasteiger charge is -2.33. The van der Waals surface area contributed by atoms with E-state index in [4.69, 9.17) is 4.74 Å². The molecule has 1 aromatic rings. The predicted molar refractivity (Wildman–Crippen MR) is 86.0 cm³/mol. The number of likely N-dealkylation sites (tertiary alicyclic amines) is 1. The van der Waals surface area contributed by atoms with Crippen LogP contribution in [0.3, 0.4) is 0 Å². The van der Waals surface area contributed by atoms with E-state index in [1.807, 2.05) is 31.2 Å². The highest BCUT2D eigenvalue weighted by atomic mass is 16.5. The molecule has 1 unspecified atom stereocenters. The first-order chi connectivity index (χ1) is 10.6. The van der Waals surface area contributed by atoms with E-state index in [1.54, 1.807) is 7.11 Å². The van der Waals surface area contributed by atoms with Gasteiger partial charge in [0, 0.05) is 38.3 Å². The van der Waals surface area contributed by atoms with Crippen LogP contribution in [0.2, 0.25) is 0 Å². The van der Waals surface area contributed by atoms with E-state index < -0.39 is 6.10 Å². The summed E-state index contributed by atoms with van der Waals surface area (Å²) in [5.41, 5.74) is 1.75. The minimum Gasteiger partial charge on any atom is -0.389 e. The van der Waals surface area contributed by atoms with Gasteiger partial charge < -0.3 is 20.1 Å². The van der Waals surface area contributed by atoms with Crippen LogP contribution in [0, 0.1) is 6.92 Å². The largest absolute Gasteiger partial charge is 0.389 e. The molecule has 1 heterocycles. The number of methoxy groups -OCH3 is 1. The fourth-order valence-electron chi connectivity index (χ4n) is 2.89. The van der Waals surface area contributed by atoms with Gasteiger partial charge in [-0.25, -0.2) is 0 Å². The topological polar surface area (TPSA) is 61.8 Å². The second-order valence-electron chi connectivity index (χ2n) is 5.97. The van der Waals surface area contributed by atoms with Crippen LogP contribution in [-0.2, 0) is 4.74 Å². The maximum absolute atomic E-state index is 12.3. The molecule has 1 amide bonds. The smallest absolute Gasteiger partial charge is 0.251 e. The number of hydrogen-bond donors (Lipinski definition) is 2. The van der Waals surface area contributed by atoms with Gasteiger partial charge >= 0.3 is 0 Å². The molecule has 1 aromatic carbocycles. The molecule has 0 aromatic heterocycles. The summed E-state index contributed by atoms with van der Waals surface area (Å²) in [7, 11) is 1.59. The number of carbonyl (C=O) groups is 1. The van der Waals surface area contributed by atoms with Crippen LogP contribution in [-0.4, -0.2) is 61.4 Å². The van der Waals surface area contributed by atoms with Crippen molar-refractivity contribution in [2.45, 2.75) is 31.9 Å². The Morgan fingerprint density at radius 1 is 1.41 bits per heavy atom. The molecule has 5 nitrogen and oxygen atoms in total. The zero-order chi connectivity index (χ0) is 15.9. The van der Waals surface area contributed by atoms with E-state index >= 15 is 0 Å². The zero-order valence-corrected chi connectivity index (χ0v) is 13.4. The van der Waals surface area contributed by atoms with Crippen molar-refractivity contribution in [3.63, 3.8) is 0 Å². The number of nitrogens with zero attached hydrogens (tertiary/aromatic N) is 1. The van der Waals surface area contributed by atoms with Gasteiger partial charge in [0.15, 0.2) is 0 Å². The average Bonchev–Trinajstić information content (AvgIpc) is 2.50. The third-order valence-corrected chi connectivity index (χ3v) is 4.14. The molecular weight excluding hydrogens is 280 g/mol. The van der Waals surface area contributed by atoms with E-state index in [-0.39, 0.29) is 11.9 Å². The number of nitrogens with one attached hydrogen (secondary N) is 1. The Kier molecular flexibility index (Phi) is 6.36. The van der Waals surface area contributed by atoms with Gasteiger partial charge in [0.2, 0.25) is 0 Å². The van der Waals surface area contributed by atoms with Crippen molar-refractivity contribution in [3.05, 3.63) is 35.4 Å². The van der Waals surface area contributed by atoms with Crippen LogP contribution in [0.4, 0.5) is 0 Å². The second-order valence-corrected chi connectivity index (χ2v) is 5.97. The van der Waals surface area contributed by atoms with E-state index in [0.29, 0.717) is 13.2 Å². The summed E-state index contributed by atoms with van der Waals surface area (Å²) < 4.78 is 4.95. The van der Waals surface area contributed by atoms with Gasteiger partial charge in [0.25, 0.3) is 5.91 Å². The molecule has 122 valence electrons. The Morgan fingerprint density at radius 3 is 2.73 bits per heavy atom. The molecule has 0 saturated carbocycles. The van der Waals surface area contributed by atoms with Crippen molar-refractivity contribution < 1.29 is 14.6 Å². The molecule has 0 spiro atoms. The van der Waals surface area contributed by atoms with Crippen molar-refractivity contribution in [3.8, 4) is 0 Å². The number of hydrogen-bond acceptors (Lipinski definition) is 4. The molecule has 0 bridgehead atoms. The first-order valence-corrected chi connectivity index (χ1v) is 7.86. The highest BCUT2D eigenvalue weighted by Crippen LogP contribution is 2.13. The number of amides is 1. The minimum absolute atomic E-state index is 0.0102. The predicted octanol–water partition coefficient (Wildman–Crippen LogP) is 1.20. The number of rotatable bonds is 6. The molecule has 1 fully saturated rings. The zero-order valence-electron chi connectivity index (χ0n) is 13.4. The van der Waals surface area contributed by atoms with E-state index in [9.17, 15) is 9.90 Å². The summed E-state index contributed by atoms with van der Waals surface area (Å²) in [6, 6.07) is 7.86. The lowest BCUT2D eigenvalue weighted by molar-refractivity contribution is 0.0309. The van der Waals surface area contributed by atoms with Crippen LogP contribution in [0.1, 0.15) is 28.8 Å². The van der Waals surface area contributed by atoms with Gasteiger partial charge in [-0.3, -0.25) is 4.79 Å². The standard InChI is InChI=1S/C17H26N2O3/c1-13-5-3-4-6-16(13)17(21)18-14-7-9-19(10-8-14)11-15(20)12-22-2/h3-6,14-15,20H,7-12H2,1-2H3,(H,18,21). The number of ether oxygens (including phenoxy) is 1. The number of benzene rings is 1. The van der Waals surface area contributed by atoms with E-state index in [0.717, 1.165) is 37.1 Å². The molecule has 1 atom stereocenters. The van der Waals surface area contributed by atoms with Crippen LogP contribution in [0.5, 0.6) is 0 Å². The third kappa shape index (κ3) is 4.80. The summed E-state index contributed by atoms with van der Waals surface area (Å²) in [6.07, 6.45) is 1.39. The third-order valence-electron chi connectivity index (χ3n) is 4.14. The number of β-amino-alcohol motifs (C(OH)–C–C–N with tert-alkyl or cyclic N) is 1. The summed E-state index contributed by atoms with van der Waals surface area (Å²) in [5.74, 6) is 0.0102. The summed E-state index contributed by atoms with van der Waals surface area (Å²) in [6.45, 7) is 4.73. The molecular formula is C17H26N2O3. The van der Waals surface area contributed by atoms with Gasteiger partial charge in [0.1, 0.15) is 0 Å². The number of piperidine rings is 1. The number of carbonyl (C=O) groups excluding carboxylic acids is 1. The van der Waals surface area contributed by atoms with Gasteiger partial charge in [-0.2, -0.15) is 0 Å². The Bertz CT molecular complexity index is 485. The van der Waals surface area contributed by atoms with Crippen molar-refractivity contribution in [1.29, 1.82) is 0 Å². The number of aryl methyl sites for hydroxylation is 1. The molecule has 5 heteroatoms. The van der Waals surface area contributed by atoms with Gasteiger partial charge in [-0.1, -0.05) is 18.2 Å². The lowest BCUT2D eigenvalue weighted by Crippen LogP contribution is -2.47. The second kappa shape index (κ2) is 8.27. The van der Waals surface area contributed by atoms with Crippen LogP contribution >= 0.6 is 0 Å². The fourth-order valence-corrected chi connectivity index (χ4v) is 2.89. The van der Waals surface area contributed by atoms with Crippen LogP contribution in [0.25, 0.3) is 0 Å². The van der Waals surface area contributed by atoms with Crippen molar-refractivity contribution >= 4 is 5.91 Å². The van der Waals surface area contributed by atoms with Crippen LogP contribution in [0.15, 0.2) is 24.3 Å². The number of aliphatic hydroxyl groups excluding tert-OH is 1. The molecule has 2 N–H and O–H groups in total. The average molecular weight is 306 g/mol. The Morgan fingerprint density at radius 2 is 2.09 bits per heavy atom. The van der Waals surface area contributed by atoms with Crippen molar-refractivity contribution in [2.75, 3.05) is 33.4 Å². The van der Waals surface area contributed by atoms with Gasteiger partial charge in [0.05, 0.1) is 12.7 Å². The minimum atomic E-state index is -0.442. The summed E-state index contributed by atoms with van der Waals surface area (Å²) in [4.78, 5) is 14.5. The lowest BCUT2D eigenvalue weighted by atomic mass is 10.0. The molecule has 0 aliphatic carbocycles.